The van der Waals surface area contributed by atoms with E-state index in [4.69, 9.17) is 4.74 Å². The van der Waals surface area contributed by atoms with E-state index in [0.717, 1.165) is 49.4 Å². The van der Waals surface area contributed by atoms with E-state index in [-0.39, 0.29) is 12.1 Å². The Morgan fingerprint density at radius 3 is 2.75 bits per heavy atom. The first-order chi connectivity index (χ1) is 13.6. The molecular weight excluding hydrogens is 368 g/mol. The SMILES string of the molecule is C=C/C(=C\C=C(/C)CC)CSN1CCC(N2C(=O)OCc3ccccc32)CC1. The molecule has 2 heterocycles. The Labute approximate surface area is 173 Å². The Kier molecular flexibility index (Phi) is 7.40. The number of nitrogens with zero attached hydrogens (tertiary/aromatic N) is 2. The lowest BCUT2D eigenvalue weighted by Gasteiger charge is -2.39. The van der Waals surface area contributed by atoms with Crippen LogP contribution in [0.15, 0.2) is 60.2 Å². The first-order valence-corrected chi connectivity index (χ1v) is 11.0. The zero-order valence-corrected chi connectivity index (χ0v) is 17.7. The molecule has 3 rings (SSSR count). The van der Waals surface area contributed by atoms with Crippen LogP contribution in [-0.2, 0) is 11.3 Å². The van der Waals surface area contributed by atoms with Crippen molar-refractivity contribution in [2.45, 2.75) is 45.8 Å². The molecule has 0 aliphatic carbocycles. The van der Waals surface area contributed by atoms with E-state index in [9.17, 15) is 4.79 Å². The molecule has 0 spiro atoms. The Balaban J connectivity index is 1.55. The van der Waals surface area contributed by atoms with Crippen molar-refractivity contribution in [3.05, 3.63) is 65.8 Å². The van der Waals surface area contributed by atoms with E-state index in [0.29, 0.717) is 6.61 Å². The molecule has 28 heavy (non-hydrogen) atoms. The van der Waals surface area contributed by atoms with Gasteiger partial charge < -0.3 is 4.74 Å². The van der Waals surface area contributed by atoms with Crippen molar-refractivity contribution in [3.8, 4) is 0 Å². The van der Waals surface area contributed by atoms with Crippen LogP contribution in [0.2, 0.25) is 0 Å². The van der Waals surface area contributed by atoms with Gasteiger partial charge in [0.05, 0.1) is 5.69 Å². The molecule has 0 atom stereocenters. The fraction of sp³-hybridized carbons (Fsp3) is 0.435. The number of anilines is 1. The molecule has 2 aliphatic rings. The molecule has 2 aliphatic heterocycles. The second kappa shape index (κ2) is 9.99. The second-order valence-corrected chi connectivity index (χ2v) is 8.36. The monoisotopic (exact) mass is 398 g/mol. The van der Waals surface area contributed by atoms with Gasteiger partial charge in [0.1, 0.15) is 6.61 Å². The third-order valence-electron chi connectivity index (χ3n) is 5.40. The number of piperidine rings is 1. The number of benzene rings is 1. The third kappa shape index (κ3) is 5.09. The highest BCUT2D eigenvalue weighted by Gasteiger charge is 2.34. The van der Waals surface area contributed by atoms with Crippen molar-refractivity contribution in [1.29, 1.82) is 0 Å². The number of rotatable bonds is 7. The van der Waals surface area contributed by atoms with Gasteiger partial charge in [0, 0.05) is 30.4 Å². The van der Waals surface area contributed by atoms with Crippen LogP contribution >= 0.6 is 11.9 Å². The zero-order chi connectivity index (χ0) is 19.9. The van der Waals surface area contributed by atoms with Gasteiger partial charge in [-0.05, 0) is 37.8 Å². The molecule has 0 N–H and O–H groups in total. The minimum Gasteiger partial charge on any atom is -0.444 e. The third-order valence-corrected chi connectivity index (χ3v) is 6.60. The Bertz CT molecular complexity index is 764. The van der Waals surface area contributed by atoms with Crippen LogP contribution in [0.25, 0.3) is 0 Å². The van der Waals surface area contributed by atoms with E-state index in [1.807, 2.05) is 47.2 Å². The maximum Gasteiger partial charge on any atom is 0.414 e. The quantitative estimate of drug-likeness (QED) is 0.434. The van der Waals surface area contributed by atoms with Gasteiger partial charge in [-0.2, -0.15) is 0 Å². The molecule has 0 radical (unpaired) electrons. The lowest BCUT2D eigenvalue weighted by Crippen LogP contribution is -2.48. The molecule has 1 saturated heterocycles. The van der Waals surface area contributed by atoms with Gasteiger partial charge >= 0.3 is 6.09 Å². The normalized spacial score (nSPS) is 19.4. The first-order valence-electron chi connectivity index (χ1n) is 10.0. The highest BCUT2D eigenvalue weighted by Crippen LogP contribution is 2.33. The summed E-state index contributed by atoms with van der Waals surface area (Å²) >= 11 is 1.85. The number of amides is 1. The summed E-state index contributed by atoms with van der Waals surface area (Å²) in [5, 5.41) is 0. The van der Waals surface area contributed by atoms with E-state index < -0.39 is 0 Å². The van der Waals surface area contributed by atoms with Crippen molar-refractivity contribution in [3.63, 3.8) is 0 Å². The Morgan fingerprint density at radius 1 is 1.29 bits per heavy atom. The van der Waals surface area contributed by atoms with Gasteiger partial charge in [0.2, 0.25) is 0 Å². The molecule has 150 valence electrons. The molecule has 1 amide bonds. The highest BCUT2D eigenvalue weighted by molar-refractivity contribution is 7.97. The lowest BCUT2D eigenvalue weighted by molar-refractivity contribution is 0.136. The van der Waals surface area contributed by atoms with Crippen LogP contribution in [0.4, 0.5) is 10.5 Å². The van der Waals surface area contributed by atoms with Crippen molar-refractivity contribution in [1.82, 2.24) is 4.31 Å². The van der Waals surface area contributed by atoms with Crippen LogP contribution in [-0.4, -0.2) is 35.3 Å². The van der Waals surface area contributed by atoms with E-state index in [2.05, 4.69) is 36.9 Å². The number of ether oxygens (including phenoxy) is 1. The summed E-state index contributed by atoms with van der Waals surface area (Å²) in [7, 11) is 0. The van der Waals surface area contributed by atoms with Crippen molar-refractivity contribution >= 4 is 23.7 Å². The minimum atomic E-state index is -0.209. The Hall–Kier alpha value is -1.98. The topological polar surface area (TPSA) is 32.8 Å². The molecule has 1 aromatic rings. The minimum absolute atomic E-state index is 0.204. The summed E-state index contributed by atoms with van der Waals surface area (Å²) in [6.45, 7) is 10.6. The Morgan fingerprint density at radius 2 is 2.04 bits per heavy atom. The maximum absolute atomic E-state index is 12.4. The fourth-order valence-electron chi connectivity index (χ4n) is 3.46. The summed E-state index contributed by atoms with van der Waals surface area (Å²) in [6.07, 6.45) is 9.08. The molecule has 0 aromatic heterocycles. The van der Waals surface area contributed by atoms with Crippen LogP contribution in [0.3, 0.4) is 0 Å². The summed E-state index contributed by atoms with van der Waals surface area (Å²) in [5.74, 6) is 0.927. The van der Waals surface area contributed by atoms with Crippen LogP contribution in [0.1, 0.15) is 38.7 Å². The average molecular weight is 399 g/mol. The number of allylic oxidation sites excluding steroid dienone is 4. The summed E-state index contributed by atoms with van der Waals surface area (Å²) in [6, 6.07) is 8.27. The predicted molar refractivity (Wildman–Crippen MR) is 118 cm³/mol. The molecule has 4 nitrogen and oxygen atoms in total. The number of fused-ring (bicyclic) bond motifs is 1. The fourth-order valence-corrected chi connectivity index (χ4v) is 4.47. The molecule has 0 bridgehead atoms. The van der Waals surface area contributed by atoms with Crippen LogP contribution < -0.4 is 4.90 Å². The second-order valence-electron chi connectivity index (χ2n) is 7.30. The van der Waals surface area contributed by atoms with Gasteiger partial charge in [0.15, 0.2) is 0 Å². The number of carbonyl (C=O) groups is 1. The maximum atomic E-state index is 12.4. The standard InChI is InChI=1S/C23H30N2O2S/c1-4-18(3)10-11-19(5-2)17-28-24-14-12-21(13-15-24)25-22-9-7-6-8-20(22)16-27-23(25)26/h5-11,21H,2,4,12-17H2,1,3H3/b18-10+,19-11+. The van der Waals surface area contributed by atoms with Crippen LogP contribution in [0, 0.1) is 0 Å². The van der Waals surface area contributed by atoms with Gasteiger partial charge in [0.25, 0.3) is 0 Å². The number of hydrogen-bond donors (Lipinski definition) is 0. The van der Waals surface area contributed by atoms with E-state index >= 15 is 0 Å². The van der Waals surface area contributed by atoms with Gasteiger partial charge in [-0.15, -0.1) is 0 Å². The van der Waals surface area contributed by atoms with Crippen molar-refractivity contribution in [2.75, 3.05) is 23.7 Å². The van der Waals surface area contributed by atoms with E-state index in [1.54, 1.807) is 0 Å². The number of hydrogen-bond acceptors (Lipinski definition) is 4. The zero-order valence-electron chi connectivity index (χ0n) is 16.9. The van der Waals surface area contributed by atoms with Crippen LogP contribution in [0.5, 0.6) is 0 Å². The van der Waals surface area contributed by atoms with Crippen molar-refractivity contribution < 1.29 is 9.53 Å². The first kappa shape index (κ1) is 20.7. The summed E-state index contributed by atoms with van der Waals surface area (Å²) < 4.78 is 7.80. The predicted octanol–water partition coefficient (Wildman–Crippen LogP) is 5.72. The average Bonchev–Trinajstić information content (AvgIpc) is 2.74. The highest BCUT2D eigenvalue weighted by atomic mass is 32.2. The van der Waals surface area contributed by atoms with Gasteiger partial charge in [-0.1, -0.05) is 67.5 Å². The lowest BCUT2D eigenvalue weighted by atomic mass is 10.0. The number of cyclic esters (lactones) is 1. The summed E-state index contributed by atoms with van der Waals surface area (Å²) in [4.78, 5) is 14.3. The summed E-state index contributed by atoms with van der Waals surface area (Å²) in [5.41, 5.74) is 4.72. The molecule has 5 heteroatoms. The molecule has 1 aromatic carbocycles. The van der Waals surface area contributed by atoms with E-state index in [1.165, 1.54) is 11.1 Å². The molecule has 0 unspecified atom stereocenters. The van der Waals surface area contributed by atoms with Gasteiger partial charge in [-0.3, -0.25) is 9.21 Å². The number of para-hydroxylation sites is 1. The molecule has 1 fully saturated rings. The molecular formula is C23H30N2O2S. The smallest absolute Gasteiger partial charge is 0.414 e. The largest absolute Gasteiger partial charge is 0.444 e. The van der Waals surface area contributed by atoms with Crippen molar-refractivity contribution in [2.24, 2.45) is 0 Å². The molecule has 0 saturated carbocycles. The number of carbonyl (C=O) groups excluding carboxylic acids is 1. The van der Waals surface area contributed by atoms with Gasteiger partial charge in [-0.25, -0.2) is 4.79 Å².